The van der Waals surface area contributed by atoms with Gasteiger partial charge in [-0.3, -0.25) is 4.79 Å². The molecule has 0 aliphatic carbocycles. The lowest BCUT2D eigenvalue weighted by atomic mass is 10.1. The van der Waals surface area contributed by atoms with E-state index in [0.29, 0.717) is 16.6 Å². The number of amides is 1. The van der Waals surface area contributed by atoms with E-state index in [0.717, 1.165) is 35.5 Å². The molecule has 0 saturated heterocycles. The average molecular weight is 459 g/mol. The van der Waals surface area contributed by atoms with Crippen molar-refractivity contribution in [3.05, 3.63) is 39.3 Å². The van der Waals surface area contributed by atoms with Crippen molar-refractivity contribution < 1.29 is 4.79 Å². The smallest absolute Gasteiger partial charge is 0.226 e. The molecule has 1 unspecified atom stereocenters. The van der Waals surface area contributed by atoms with Gasteiger partial charge in [-0.25, -0.2) is 4.98 Å². The van der Waals surface area contributed by atoms with Crippen molar-refractivity contribution in [2.24, 2.45) is 5.73 Å². The number of unbranched alkanes of at least 4 members (excludes halogenated alkanes) is 1. The highest BCUT2D eigenvalue weighted by Crippen LogP contribution is 2.32. The molecular weight excluding hydrogens is 436 g/mol. The fourth-order valence-corrected chi connectivity index (χ4v) is 3.73. The Morgan fingerprint density at radius 3 is 2.69 bits per heavy atom. The molecule has 1 heterocycles. The zero-order chi connectivity index (χ0) is 17.5. The van der Waals surface area contributed by atoms with Crippen molar-refractivity contribution in [3.63, 3.8) is 0 Å². The van der Waals surface area contributed by atoms with Crippen LogP contribution in [0.25, 0.3) is 10.6 Å². The van der Waals surface area contributed by atoms with Gasteiger partial charge in [-0.1, -0.05) is 43.0 Å². The number of aromatic nitrogens is 1. The molecule has 0 aliphatic rings. The van der Waals surface area contributed by atoms with Crippen molar-refractivity contribution in [2.45, 2.75) is 38.6 Å². The van der Waals surface area contributed by atoms with E-state index in [9.17, 15) is 4.79 Å². The van der Waals surface area contributed by atoms with Crippen LogP contribution in [0.1, 0.15) is 31.9 Å². The lowest BCUT2D eigenvalue weighted by Gasteiger charge is -2.15. The average Bonchev–Trinajstić information content (AvgIpc) is 2.99. The molecule has 1 atom stereocenters. The highest BCUT2D eigenvalue weighted by atomic mass is 35.5. The predicted octanol–water partition coefficient (Wildman–Crippen LogP) is 5.14. The van der Waals surface area contributed by atoms with Gasteiger partial charge in [-0.15, -0.1) is 36.2 Å². The maximum Gasteiger partial charge on any atom is 0.226 e. The molecule has 0 fully saturated rings. The van der Waals surface area contributed by atoms with Crippen LogP contribution in [0.5, 0.6) is 0 Å². The van der Waals surface area contributed by atoms with Gasteiger partial charge >= 0.3 is 0 Å². The topological polar surface area (TPSA) is 68.0 Å². The molecule has 1 aromatic carbocycles. The molecule has 4 nitrogen and oxygen atoms in total. The molecular formula is C17H23Cl4N3OS. The third-order valence-corrected chi connectivity index (χ3v) is 5.08. The first-order chi connectivity index (χ1) is 11.5. The van der Waals surface area contributed by atoms with E-state index in [-0.39, 0.29) is 43.2 Å². The standard InChI is InChI=1S/C17H21Cl2N3OS.2ClH/c1-2-3-4-12(9-20)21-16(23)8-13-10-24-17(22-13)14-6-5-11(18)7-15(14)19;;/h5-7,10,12H,2-4,8-9,20H2,1H3,(H,21,23);2*1H. The number of nitrogens with one attached hydrogen (secondary N) is 1. The Balaban J connectivity index is 0.00000312. The molecule has 2 aromatic rings. The van der Waals surface area contributed by atoms with Crippen LogP contribution in [-0.4, -0.2) is 23.5 Å². The number of nitrogens with zero attached hydrogens (tertiary/aromatic N) is 1. The van der Waals surface area contributed by atoms with E-state index < -0.39 is 0 Å². The van der Waals surface area contributed by atoms with Crippen LogP contribution in [0, 0.1) is 0 Å². The van der Waals surface area contributed by atoms with Crippen LogP contribution in [0.4, 0.5) is 0 Å². The number of halogens is 4. The number of carbonyl (C=O) groups is 1. The second-order valence-electron chi connectivity index (χ2n) is 5.59. The lowest BCUT2D eigenvalue weighted by molar-refractivity contribution is -0.121. The second-order valence-corrected chi connectivity index (χ2v) is 7.29. The number of nitrogens with two attached hydrogens (primary N) is 1. The minimum Gasteiger partial charge on any atom is -0.352 e. The molecule has 1 amide bonds. The van der Waals surface area contributed by atoms with Gasteiger partial charge < -0.3 is 11.1 Å². The van der Waals surface area contributed by atoms with Crippen molar-refractivity contribution >= 4 is 65.3 Å². The van der Waals surface area contributed by atoms with E-state index >= 15 is 0 Å². The number of hydrogen-bond acceptors (Lipinski definition) is 4. The summed E-state index contributed by atoms with van der Waals surface area (Å²) in [6.45, 7) is 2.57. The van der Waals surface area contributed by atoms with E-state index in [1.807, 2.05) is 11.4 Å². The Hall–Kier alpha value is -0.560. The fraction of sp³-hybridized carbons (Fsp3) is 0.412. The number of thiazole rings is 1. The Kier molecular flexibility index (Phi) is 12.5. The first-order valence-electron chi connectivity index (χ1n) is 7.92. The van der Waals surface area contributed by atoms with Gasteiger partial charge in [0, 0.05) is 28.6 Å². The Bertz CT molecular complexity index is 696. The molecule has 146 valence electrons. The summed E-state index contributed by atoms with van der Waals surface area (Å²) in [4.78, 5) is 16.7. The van der Waals surface area contributed by atoms with E-state index in [1.54, 1.807) is 12.1 Å². The number of benzene rings is 1. The zero-order valence-corrected chi connectivity index (χ0v) is 18.3. The van der Waals surface area contributed by atoms with Crippen LogP contribution in [0.3, 0.4) is 0 Å². The summed E-state index contributed by atoms with van der Waals surface area (Å²) in [5.74, 6) is -0.0550. The van der Waals surface area contributed by atoms with E-state index in [1.165, 1.54) is 11.3 Å². The van der Waals surface area contributed by atoms with Crippen LogP contribution in [0.15, 0.2) is 23.6 Å². The normalized spacial score (nSPS) is 11.2. The van der Waals surface area contributed by atoms with Crippen LogP contribution in [-0.2, 0) is 11.2 Å². The minimum atomic E-state index is -0.0550. The molecule has 26 heavy (non-hydrogen) atoms. The van der Waals surface area contributed by atoms with Gasteiger partial charge in [-0.05, 0) is 24.6 Å². The van der Waals surface area contributed by atoms with Crippen LogP contribution >= 0.6 is 59.4 Å². The van der Waals surface area contributed by atoms with Crippen molar-refractivity contribution in [2.75, 3.05) is 6.54 Å². The molecule has 9 heteroatoms. The summed E-state index contributed by atoms with van der Waals surface area (Å²) in [6, 6.07) is 5.33. The summed E-state index contributed by atoms with van der Waals surface area (Å²) in [6.07, 6.45) is 3.29. The Morgan fingerprint density at radius 2 is 2.08 bits per heavy atom. The van der Waals surface area contributed by atoms with Crippen molar-refractivity contribution in [1.82, 2.24) is 10.3 Å². The molecule has 1 aromatic heterocycles. The Morgan fingerprint density at radius 1 is 1.35 bits per heavy atom. The van der Waals surface area contributed by atoms with Gasteiger partial charge in [0.15, 0.2) is 0 Å². The largest absolute Gasteiger partial charge is 0.352 e. The summed E-state index contributed by atoms with van der Waals surface area (Å²) in [5.41, 5.74) is 7.26. The summed E-state index contributed by atoms with van der Waals surface area (Å²) in [7, 11) is 0. The quantitative estimate of drug-likeness (QED) is 0.575. The third-order valence-electron chi connectivity index (χ3n) is 3.61. The predicted molar refractivity (Wildman–Crippen MR) is 116 cm³/mol. The summed E-state index contributed by atoms with van der Waals surface area (Å²) < 4.78 is 0. The number of rotatable bonds is 8. The monoisotopic (exact) mass is 457 g/mol. The fourth-order valence-electron chi connectivity index (χ4n) is 2.32. The van der Waals surface area contributed by atoms with Gasteiger partial charge in [0.05, 0.1) is 17.1 Å². The van der Waals surface area contributed by atoms with Gasteiger partial charge in [0.25, 0.3) is 0 Å². The molecule has 2 rings (SSSR count). The third kappa shape index (κ3) is 7.59. The highest BCUT2D eigenvalue weighted by Gasteiger charge is 2.14. The SMILES string of the molecule is CCCCC(CN)NC(=O)Cc1csc(-c2ccc(Cl)cc2Cl)n1.Cl.Cl. The molecule has 0 saturated carbocycles. The second kappa shape index (κ2) is 12.8. The molecule has 3 N–H and O–H groups in total. The maximum absolute atomic E-state index is 12.2. The first-order valence-corrected chi connectivity index (χ1v) is 9.56. The van der Waals surface area contributed by atoms with Crippen LogP contribution in [0.2, 0.25) is 10.0 Å². The maximum atomic E-state index is 12.2. The first kappa shape index (κ1) is 25.4. The highest BCUT2D eigenvalue weighted by molar-refractivity contribution is 7.13. The molecule has 0 radical (unpaired) electrons. The van der Waals surface area contributed by atoms with Gasteiger partial charge in [-0.2, -0.15) is 0 Å². The zero-order valence-electron chi connectivity index (χ0n) is 14.3. The lowest BCUT2D eigenvalue weighted by Crippen LogP contribution is -2.40. The van der Waals surface area contributed by atoms with E-state index in [2.05, 4.69) is 17.2 Å². The summed E-state index contributed by atoms with van der Waals surface area (Å²) in [5, 5.41) is 6.77. The van der Waals surface area contributed by atoms with Crippen molar-refractivity contribution in [3.8, 4) is 10.6 Å². The summed E-state index contributed by atoms with van der Waals surface area (Å²) >= 11 is 13.6. The van der Waals surface area contributed by atoms with Crippen LogP contribution < -0.4 is 11.1 Å². The molecule has 0 spiro atoms. The van der Waals surface area contributed by atoms with E-state index in [4.69, 9.17) is 28.9 Å². The van der Waals surface area contributed by atoms with Gasteiger partial charge in [0.2, 0.25) is 5.91 Å². The minimum absolute atomic E-state index is 0. The number of hydrogen-bond donors (Lipinski definition) is 2. The molecule has 0 bridgehead atoms. The Labute approximate surface area is 180 Å². The number of carbonyl (C=O) groups excluding carboxylic acids is 1. The molecule has 0 aliphatic heterocycles. The van der Waals surface area contributed by atoms with Crippen molar-refractivity contribution in [1.29, 1.82) is 0 Å². The van der Waals surface area contributed by atoms with Gasteiger partial charge in [0.1, 0.15) is 5.01 Å².